The minimum Gasteiger partial charge on any atom is -0.354 e. The second kappa shape index (κ2) is 7.76. The predicted molar refractivity (Wildman–Crippen MR) is 76.4 cm³/mol. The van der Waals surface area contributed by atoms with Crippen molar-refractivity contribution in [2.24, 2.45) is 0 Å². The molecule has 19 heavy (non-hydrogen) atoms. The molecule has 0 aliphatic heterocycles. The van der Waals surface area contributed by atoms with Gasteiger partial charge >= 0.3 is 0 Å². The van der Waals surface area contributed by atoms with Gasteiger partial charge in [-0.05, 0) is 31.7 Å². The van der Waals surface area contributed by atoms with Gasteiger partial charge in [-0.2, -0.15) is 0 Å². The lowest BCUT2D eigenvalue weighted by atomic mass is 10.2. The van der Waals surface area contributed by atoms with Gasteiger partial charge in [0.2, 0.25) is 11.8 Å². The third kappa shape index (κ3) is 5.28. The van der Waals surface area contributed by atoms with E-state index in [4.69, 9.17) is 11.6 Å². The summed E-state index contributed by atoms with van der Waals surface area (Å²) in [6.07, 6.45) is 0.224. The van der Waals surface area contributed by atoms with Crippen molar-refractivity contribution >= 4 is 29.1 Å². The van der Waals surface area contributed by atoms with Crippen molar-refractivity contribution in [3.8, 4) is 0 Å². The minimum atomic E-state index is -0.157. The van der Waals surface area contributed by atoms with Crippen LogP contribution in [0.3, 0.4) is 0 Å². The van der Waals surface area contributed by atoms with E-state index in [1.54, 1.807) is 25.2 Å². The molecular formula is C13H18ClN3O2. The fourth-order valence-corrected chi connectivity index (χ4v) is 1.67. The second-order valence-electron chi connectivity index (χ2n) is 4.09. The maximum atomic E-state index is 11.7. The number of benzene rings is 1. The molecule has 0 bridgehead atoms. The van der Waals surface area contributed by atoms with E-state index in [0.717, 1.165) is 5.56 Å². The monoisotopic (exact) mass is 283 g/mol. The number of anilines is 1. The highest BCUT2D eigenvalue weighted by Gasteiger charge is 2.07. The van der Waals surface area contributed by atoms with Gasteiger partial charge in [-0.15, -0.1) is 0 Å². The fourth-order valence-electron chi connectivity index (χ4n) is 1.49. The lowest BCUT2D eigenvalue weighted by molar-refractivity contribution is -0.120. The van der Waals surface area contributed by atoms with E-state index in [-0.39, 0.29) is 24.8 Å². The molecule has 0 saturated carbocycles. The maximum absolute atomic E-state index is 11.7. The second-order valence-corrected chi connectivity index (χ2v) is 4.50. The molecule has 0 unspecified atom stereocenters. The molecule has 0 heterocycles. The molecule has 1 rings (SSSR count). The first-order valence-corrected chi connectivity index (χ1v) is 6.38. The van der Waals surface area contributed by atoms with E-state index in [9.17, 15) is 9.59 Å². The molecule has 0 aromatic heterocycles. The van der Waals surface area contributed by atoms with Crippen molar-refractivity contribution in [3.63, 3.8) is 0 Å². The molecule has 0 spiro atoms. The Kier molecular flexibility index (Phi) is 6.32. The number of carbonyl (C=O) groups is 2. The summed E-state index contributed by atoms with van der Waals surface area (Å²) in [7, 11) is 1.69. The highest BCUT2D eigenvalue weighted by atomic mass is 35.5. The van der Waals surface area contributed by atoms with E-state index in [1.807, 2.05) is 6.92 Å². The number of amides is 2. The van der Waals surface area contributed by atoms with E-state index in [2.05, 4.69) is 16.0 Å². The SMILES string of the molecule is CNCC(=O)NCCC(=O)Nc1cccc(Cl)c1C. The first kappa shape index (κ1) is 15.5. The first-order valence-electron chi connectivity index (χ1n) is 6.01. The van der Waals surface area contributed by atoms with Crippen LogP contribution in [0.2, 0.25) is 5.02 Å². The lowest BCUT2D eigenvalue weighted by Gasteiger charge is -2.09. The van der Waals surface area contributed by atoms with Crippen LogP contribution in [0.5, 0.6) is 0 Å². The zero-order valence-electron chi connectivity index (χ0n) is 11.0. The Balaban J connectivity index is 2.39. The fraction of sp³-hybridized carbons (Fsp3) is 0.385. The molecule has 0 atom stereocenters. The quantitative estimate of drug-likeness (QED) is 0.737. The number of likely N-dealkylation sites (N-methyl/N-ethyl adjacent to an activating group) is 1. The molecule has 1 aromatic rings. The molecule has 0 saturated heterocycles. The van der Waals surface area contributed by atoms with Gasteiger partial charge < -0.3 is 16.0 Å². The third-order valence-corrected chi connectivity index (χ3v) is 2.96. The summed E-state index contributed by atoms with van der Waals surface area (Å²) in [4.78, 5) is 22.9. The molecule has 1 aromatic carbocycles. The Morgan fingerprint density at radius 1 is 1.26 bits per heavy atom. The molecule has 0 fully saturated rings. The van der Waals surface area contributed by atoms with Gasteiger partial charge in [-0.3, -0.25) is 9.59 Å². The first-order chi connectivity index (χ1) is 9.04. The van der Waals surface area contributed by atoms with Crippen LogP contribution in [-0.4, -0.2) is 32.0 Å². The molecule has 0 radical (unpaired) electrons. The highest BCUT2D eigenvalue weighted by Crippen LogP contribution is 2.22. The number of hydrogen-bond donors (Lipinski definition) is 3. The number of halogens is 1. The highest BCUT2D eigenvalue weighted by molar-refractivity contribution is 6.31. The van der Waals surface area contributed by atoms with Crippen LogP contribution < -0.4 is 16.0 Å². The van der Waals surface area contributed by atoms with Crippen LogP contribution in [0.4, 0.5) is 5.69 Å². The van der Waals surface area contributed by atoms with Gasteiger partial charge in [0.05, 0.1) is 6.54 Å². The van der Waals surface area contributed by atoms with Crippen molar-refractivity contribution in [1.29, 1.82) is 0 Å². The molecule has 0 aliphatic carbocycles. The zero-order chi connectivity index (χ0) is 14.3. The molecule has 6 heteroatoms. The van der Waals surface area contributed by atoms with Gasteiger partial charge in [-0.1, -0.05) is 17.7 Å². The summed E-state index contributed by atoms with van der Waals surface area (Å²) in [6, 6.07) is 5.34. The average molecular weight is 284 g/mol. The summed E-state index contributed by atoms with van der Waals surface area (Å²) >= 11 is 5.96. The Bertz CT molecular complexity index is 463. The molecule has 104 valence electrons. The predicted octanol–water partition coefficient (Wildman–Crippen LogP) is 1.31. The van der Waals surface area contributed by atoms with Crippen molar-refractivity contribution in [1.82, 2.24) is 10.6 Å². The largest absolute Gasteiger partial charge is 0.354 e. The topological polar surface area (TPSA) is 70.2 Å². The maximum Gasteiger partial charge on any atom is 0.233 e. The average Bonchev–Trinajstić information content (AvgIpc) is 2.35. The van der Waals surface area contributed by atoms with Crippen molar-refractivity contribution < 1.29 is 9.59 Å². The molecule has 3 N–H and O–H groups in total. The number of carbonyl (C=O) groups excluding carboxylic acids is 2. The Hall–Kier alpha value is -1.59. The van der Waals surface area contributed by atoms with Crippen molar-refractivity contribution in [3.05, 3.63) is 28.8 Å². The molecular weight excluding hydrogens is 266 g/mol. The molecule has 2 amide bonds. The molecule has 0 aliphatic rings. The van der Waals surface area contributed by atoms with Gasteiger partial charge in [0, 0.05) is 23.7 Å². The molecule has 5 nitrogen and oxygen atoms in total. The Morgan fingerprint density at radius 2 is 2.00 bits per heavy atom. The normalized spacial score (nSPS) is 10.1. The number of nitrogens with one attached hydrogen (secondary N) is 3. The standard InChI is InChI=1S/C13H18ClN3O2/c1-9-10(14)4-3-5-11(9)17-12(18)6-7-16-13(19)8-15-2/h3-5,15H,6-8H2,1-2H3,(H,16,19)(H,17,18). The minimum absolute atomic E-state index is 0.130. The summed E-state index contributed by atoms with van der Waals surface area (Å²) < 4.78 is 0. The van der Waals surface area contributed by atoms with Crippen LogP contribution >= 0.6 is 11.6 Å². The van der Waals surface area contributed by atoms with Gasteiger partial charge in [0.15, 0.2) is 0 Å². The summed E-state index contributed by atoms with van der Waals surface area (Å²) in [5.41, 5.74) is 1.52. The zero-order valence-corrected chi connectivity index (χ0v) is 11.8. The third-order valence-electron chi connectivity index (χ3n) is 2.55. The van der Waals surface area contributed by atoms with Gasteiger partial charge in [0.1, 0.15) is 0 Å². The van der Waals surface area contributed by atoms with E-state index in [1.165, 1.54) is 0 Å². The lowest BCUT2D eigenvalue weighted by Crippen LogP contribution is -2.34. The van der Waals surface area contributed by atoms with E-state index >= 15 is 0 Å². The van der Waals surface area contributed by atoms with Crippen molar-refractivity contribution in [2.45, 2.75) is 13.3 Å². The van der Waals surface area contributed by atoms with Gasteiger partial charge in [-0.25, -0.2) is 0 Å². The van der Waals surface area contributed by atoms with Crippen LogP contribution in [0.25, 0.3) is 0 Å². The number of rotatable bonds is 6. The summed E-state index contributed by atoms with van der Waals surface area (Å²) in [5.74, 6) is -0.288. The van der Waals surface area contributed by atoms with Crippen LogP contribution in [-0.2, 0) is 9.59 Å². The van der Waals surface area contributed by atoms with E-state index in [0.29, 0.717) is 17.3 Å². The van der Waals surface area contributed by atoms with Crippen molar-refractivity contribution in [2.75, 3.05) is 25.5 Å². The summed E-state index contributed by atoms with van der Waals surface area (Å²) in [6.45, 7) is 2.40. The van der Waals surface area contributed by atoms with Crippen LogP contribution in [0.1, 0.15) is 12.0 Å². The van der Waals surface area contributed by atoms with E-state index < -0.39 is 0 Å². The Labute approximate surface area is 117 Å². The Morgan fingerprint density at radius 3 is 2.68 bits per heavy atom. The smallest absolute Gasteiger partial charge is 0.233 e. The number of hydrogen-bond acceptors (Lipinski definition) is 3. The summed E-state index contributed by atoms with van der Waals surface area (Å²) in [5, 5.41) is 8.75. The van der Waals surface area contributed by atoms with Gasteiger partial charge in [0.25, 0.3) is 0 Å². The van der Waals surface area contributed by atoms with Crippen LogP contribution in [0.15, 0.2) is 18.2 Å². The van der Waals surface area contributed by atoms with Crippen LogP contribution in [0, 0.1) is 6.92 Å².